The van der Waals surface area contributed by atoms with Crippen molar-refractivity contribution in [2.75, 3.05) is 0 Å². The second-order valence-electron chi connectivity index (χ2n) is 4.11. The standard InChI is InChI=1S/C15H15NS2.Ba.2H/c17-15(18)16(11-13-7-3-1-4-8-13)12-14-9-5-2-6-10-14;;;/h1-10H,11-12H2,(H,17,18);;;/q;+2;2*-1. The Bertz CT molecular complexity index is 470. The molecule has 0 aliphatic heterocycles. The molecule has 0 N–H and O–H groups in total. The maximum Gasteiger partial charge on any atom is 2.00 e. The van der Waals surface area contributed by atoms with Crippen LogP contribution in [0.3, 0.4) is 0 Å². The fourth-order valence-electron chi connectivity index (χ4n) is 1.80. The van der Waals surface area contributed by atoms with Gasteiger partial charge in [0.05, 0.1) is 0 Å². The van der Waals surface area contributed by atoms with E-state index < -0.39 is 0 Å². The Kier molecular flexibility index (Phi) is 8.41. The van der Waals surface area contributed by atoms with Gasteiger partial charge in [-0.2, -0.15) is 0 Å². The summed E-state index contributed by atoms with van der Waals surface area (Å²) in [5, 5.41) is 0. The van der Waals surface area contributed by atoms with Crippen molar-refractivity contribution in [2.24, 2.45) is 0 Å². The fourth-order valence-corrected chi connectivity index (χ4v) is 2.07. The van der Waals surface area contributed by atoms with E-state index >= 15 is 0 Å². The van der Waals surface area contributed by atoms with Crippen LogP contribution in [0.15, 0.2) is 60.7 Å². The first-order chi connectivity index (χ1) is 8.75. The molecule has 0 amide bonds. The molecule has 0 aromatic heterocycles. The van der Waals surface area contributed by atoms with Gasteiger partial charge in [-0.3, -0.25) is 0 Å². The molecule has 0 saturated heterocycles. The third kappa shape index (κ3) is 6.04. The second kappa shape index (κ2) is 9.24. The zero-order chi connectivity index (χ0) is 12.8. The Morgan fingerprint density at radius 3 is 1.58 bits per heavy atom. The van der Waals surface area contributed by atoms with E-state index in [0.717, 1.165) is 13.1 Å². The van der Waals surface area contributed by atoms with E-state index in [0.29, 0.717) is 4.32 Å². The molecular weight excluding hydrogens is 396 g/mol. The van der Waals surface area contributed by atoms with Crippen LogP contribution in [0.25, 0.3) is 0 Å². The first-order valence-corrected chi connectivity index (χ1v) is 6.67. The molecular formula is C15H17BaNS2. The van der Waals surface area contributed by atoms with Gasteiger partial charge in [-0.15, -0.1) is 12.6 Å². The maximum absolute atomic E-state index is 5.21. The number of rotatable bonds is 4. The van der Waals surface area contributed by atoms with E-state index in [9.17, 15) is 0 Å². The Labute approximate surface area is 168 Å². The van der Waals surface area contributed by atoms with Crippen LogP contribution in [0.1, 0.15) is 14.0 Å². The van der Waals surface area contributed by atoms with E-state index in [1.807, 2.05) is 36.4 Å². The molecule has 96 valence electrons. The Balaban J connectivity index is 0. The minimum Gasteiger partial charge on any atom is -1.00 e. The Morgan fingerprint density at radius 2 is 1.26 bits per heavy atom. The summed E-state index contributed by atoms with van der Waals surface area (Å²) in [5.74, 6) is 0. The first kappa shape index (κ1) is 17.3. The molecule has 0 bridgehead atoms. The van der Waals surface area contributed by atoms with Crippen molar-refractivity contribution < 1.29 is 2.85 Å². The summed E-state index contributed by atoms with van der Waals surface area (Å²) in [6, 6.07) is 20.6. The smallest absolute Gasteiger partial charge is 1.00 e. The van der Waals surface area contributed by atoms with Gasteiger partial charge in [0.15, 0.2) is 0 Å². The van der Waals surface area contributed by atoms with Crippen LogP contribution in [-0.2, 0) is 13.1 Å². The van der Waals surface area contributed by atoms with Crippen LogP contribution in [0.4, 0.5) is 0 Å². The van der Waals surface area contributed by atoms with Crippen molar-refractivity contribution in [2.45, 2.75) is 13.1 Å². The van der Waals surface area contributed by atoms with Crippen LogP contribution >= 0.6 is 24.8 Å². The molecule has 0 atom stereocenters. The molecule has 0 aliphatic rings. The van der Waals surface area contributed by atoms with Gasteiger partial charge in [0, 0.05) is 13.1 Å². The van der Waals surface area contributed by atoms with E-state index in [-0.39, 0.29) is 51.7 Å². The molecule has 0 spiro atoms. The molecule has 1 nitrogen and oxygen atoms in total. The van der Waals surface area contributed by atoms with Crippen LogP contribution < -0.4 is 0 Å². The monoisotopic (exact) mass is 413 g/mol. The number of nitrogens with zero attached hydrogens (tertiary/aromatic N) is 1. The molecule has 0 unspecified atom stereocenters. The number of hydrogen-bond donors (Lipinski definition) is 1. The third-order valence-corrected chi connectivity index (χ3v) is 3.24. The van der Waals surface area contributed by atoms with Gasteiger partial charge in [-0.1, -0.05) is 72.9 Å². The van der Waals surface area contributed by atoms with Crippen LogP contribution in [0, 0.1) is 0 Å². The molecule has 0 saturated carbocycles. The molecule has 2 aromatic rings. The summed E-state index contributed by atoms with van der Waals surface area (Å²) in [4.78, 5) is 2.09. The SMILES string of the molecule is S=C(S)N(Cc1ccccc1)Cc1ccccc1.[Ba+2].[H-].[H-]. The molecule has 0 aliphatic carbocycles. The molecule has 0 radical (unpaired) electrons. The Morgan fingerprint density at radius 1 is 0.895 bits per heavy atom. The summed E-state index contributed by atoms with van der Waals surface area (Å²) in [5.41, 5.74) is 2.48. The summed E-state index contributed by atoms with van der Waals surface area (Å²) in [6.07, 6.45) is 0. The summed E-state index contributed by atoms with van der Waals surface area (Å²) in [7, 11) is 0. The topological polar surface area (TPSA) is 3.24 Å². The van der Waals surface area contributed by atoms with Crippen molar-refractivity contribution in [3.8, 4) is 0 Å². The van der Waals surface area contributed by atoms with Crippen molar-refractivity contribution >= 4 is 78.0 Å². The summed E-state index contributed by atoms with van der Waals surface area (Å²) < 4.78 is 0.628. The normalized spacial score (nSPS) is 9.53. The van der Waals surface area contributed by atoms with Gasteiger partial charge in [-0.05, 0) is 11.1 Å². The molecule has 2 aromatic carbocycles. The predicted octanol–water partition coefficient (Wildman–Crippen LogP) is 3.75. The predicted molar refractivity (Wildman–Crippen MR) is 91.7 cm³/mol. The summed E-state index contributed by atoms with van der Waals surface area (Å²) >= 11 is 9.52. The average Bonchev–Trinajstić information content (AvgIpc) is 2.40. The zero-order valence-corrected chi connectivity index (χ0v) is 16.8. The van der Waals surface area contributed by atoms with Crippen molar-refractivity contribution in [1.29, 1.82) is 0 Å². The molecule has 0 fully saturated rings. The minimum absolute atomic E-state index is 0. The van der Waals surface area contributed by atoms with Gasteiger partial charge >= 0.3 is 48.9 Å². The van der Waals surface area contributed by atoms with Crippen molar-refractivity contribution in [3.63, 3.8) is 0 Å². The number of hydrogen-bond acceptors (Lipinski definition) is 1. The first-order valence-electron chi connectivity index (χ1n) is 5.81. The van der Waals surface area contributed by atoms with Gasteiger partial charge in [0.1, 0.15) is 4.32 Å². The van der Waals surface area contributed by atoms with Crippen LogP contribution in [0.2, 0.25) is 0 Å². The third-order valence-electron chi connectivity index (χ3n) is 2.70. The largest absolute Gasteiger partial charge is 2.00 e. The number of thiol groups is 1. The Hall–Kier alpha value is 0.251. The fraction of sp³-hybridized carbons (Fsp3) is 0.133. The van der Waals surface area contributed by atoms with Gasteiger partial charge in [-0.25, -0.2) is 0 Å². The maximum atomic E-state index is 5.21. The molecule has 4 heteroatoms. The van der Waals surface area contributed by atoms with E-state index in [1.165, 1.54) is 11.1 Å². The van der Waals surface area contributed by atoms with Crippen molar-refractivity contribution in [3.05, 3.63) is 71.8 Å². The zero-order valence-electron chi connectivity index (χ0n) is 12.7. The van der Waals surface area contributed by atoms with Crippen LogP contribution in [0.5, 0.6) is 0 Å². The van der Waals surface area contributed by atoms with Gasteiger partial charge in [0.25, 0.3) is 0 Å². The van der Waals surface area contributed by atoms with E-state index in [4.69, 9.17) is 12.2 Å². The van der Waals surface area contributed by atoms with Gasteiger partial charge < -0.3 is 7.75 Å². The molecule has 19 heavy (non-hydrogen) atoms. The van der Waals surface area contributed by atoms with Gasteiger partial charge in [0.2, 0.25) is 0 Å². The summed E-state index contributed by atoms with van der Waals surface area (Å²) in [6.45, 7) is 1.58. The van der Waals surface area contributed by atoms with E-state index in [2.05, 4.69) is 41.8 Å². The average molecular weight is 413 g/mol. The van der Waals surface area contributed by atoms with E-state index in [1.54, 1.807) is 0 Å². The number of benzene rings is 2. The molecule has 0 heterocycles. The minimum atomic E-state index is 0. The number of thiocarbonyl (C=S) groups is 1. The van der Waals surface area contributed by atoms with Crippen molar-refractivity contribution in [1.82, 2.24) is 4.90 Å². The second-order valence-corrected chi connectivity index (χ2v) is 5.22. The quantitative estimate of drug-likeness (QED) is 0.463. The molecule has 2 rings (SSSR count). The van der Waals surface area contributed by atoms with Crippen LogP contribution in [-0.4, -0.2) is 58.1 Å².